The van der Waals surface area contributed by atoms with Gasteiger partial charge in [0, 0.05) is 0 Å². The highest BCUT2D eigenvalue weighted by Crippen LogP contribution is 2.27. The number of nitrogens with one attached hydrogen (secondary N) is 1. The summed E-state index contributed by atoms with van der Waals surface area (Å²) in [5.74, 6) is 2.20. The maximum absolute atomic E-state index is 3.64. The molecule has 0 aliphatic rings. The van der Waals surface area contributed by atoms with E-state index in [0.717, 1.165) is 0 Å². The Kier molecular flexibility index (Phi) is 23.6. The maximum Gasteiger partial charge on any atom is 0.257 e. The first-order chi connectivity index (χ1) is 18.2. The molecule has 0 saturated carbocycles. The third-order valence-corrected chi connectivity index (χ3v) is 8.50. The summed E-state index contributed by atoms with van der Waals surface area (Å²) in [4.78, 5) is 3.64. The Hall–Kier alpha value is -0.790. The molecule has 0 unspecified atom stereocenters. The Balaban J connectivity index is 2.17. The van der Waals surface area contributed by atoms with Crippen LogP contribution in [0, 0.1) is 0 Å². The van der Waals surface area contributed by atoms with Gasteiger partial charge in [0.05, 0.1) is 12.0 Å². The highest BCUT2D eigenvalue weighted by atomic mass is 15.1. The van der Waals surface area contributed by atoms with Crippen LogP contribution in [0.15, 0.2) is 12.4 Å². The van der Waals surface area contributed by atoms with Crippen LogP contribution < -0.4 is 4.57 Å². The Bertz CT molecular complexity index is 576. The van der Waals surface area contributed by atoms with Gasteiger partial charge in [0.25, 0.3) is 5.82 Å². The van der Waals surface area contributed by atoms with Gasteiger partial charge >= 0.3 is 0 Å². The number of hydrogen-bond donors (Lipinski definition) is 1. The number of imidazole rings is 1. The van der Waals surface area contributed by atoms with Crippen LogP contribution in [0.3, 0.4) is 0 Å². The van der Waals surface area contributed by atoms with Gasteiger partial charge in [0.2, 0.25) is 0 Å². The summed E-state index contributed by atoms with van der Waals surface area (Å²) < 4.78 is 2.49. The standard InChI is InChI=1S/C35H68N2/c1-5-7-9-11-13-15-17-18-20-22-24-26-28-30-34(35-36-31-32-37(35)33(3)4)29-27-25-23-21-19-16-14-12-10-8-6-2/h31-34H,5-30H2,1-4H3/p+1/t34-/m0/s1. The predicted molar refractivity (Wildman–Crippen MR) is 166 cm³/mol. The van der Waals surface area contributed by atoms with E-state index in [9.17, 15) is 0 Å². The number of aromatic nitrogens is 2. The largest absolute Gasteiger partial charge is 0.257 e. The maximum atomic E-state index is 3.64. The van der Waals surface area contributed by atoms with Crippen molar-refractivity contribution in [1.82, 2.24) is 4.98 Å². The average Bonchev–Trinajstić information content (AvgIpc) is 3.39. The molecule has 0 fully saturated rings. The second kappa shape index (κ2) is 25.5. The Morgan fingerprint density at radius 3 is 1.16 bits per heavy atom. The lowest BCUT2D eigenvalue weighted by molar-refractivity contribution is -0.723. The summed E-state index contributed by atoms with van der Waals surface area (Å²) in [5, 5.41) is 0. The second-order valence-electron chi connectivity index (χ2n) is 12.4. The van der Waals surface area contributed by atoms with Crippen molar-refractivity contribution in [1.29, 1.82) is 0 Å². The predicted octanol–water partition coefficient (Wildman–Crippen LogP) is 12.1. The fourth-order valence-corrected chi connectivity index (χ4v) is 6.02. The molecule has 0 bridgehead atoms. The molecule has 1 atom stereocenters. The normalized spacial score (nSPS) is 12.6. The van der Waals surface area contributed by atoms with Crippen molar-refractivity contribution >= 4 is 0 Å². The van der Waals surface area contributed by atoms with Gasteiger partial charge in [-0.3, -0.25) is 0 Å². The van der Waals surface area contributed by atoms with Gasteiger partial charge in [-0.25, -0.2) is 9.55 Å². The number of H-pyrrole nitrogens is 1. The summed E-state index contributed by atoms with van der Waals surface area (Å²) in [6.07, 6.45) is 41.7. The van der Waals surface area contributed by atoms with E-state index in [2.05, 4.69) is 49.6 Å². The molecular formula is C35H69N2+. The molecule has 37 heavy (non-hydrogen) atoms. The molecule has 0 saturated heterocycles. The smallest absolute Gasteiger partial charge is 0.247 e. The minimum Gasteiger partial charge on any atom is -0.247 e. The summed E-state index contributed by atoms with van der Waals surface area (Å²) in [5.41, 5.74) is 0. The van der Waals surface area contributed by atoms with Gasteiger partial charge in [-0.05, 0) is 26.7 Å². The Morgan fingerprint density at radius 2 is 0.838 bits per heavy atom. The lowest BCUT2D eigenvalue weighted by Crippen LogP contribution is -2.39. The fourth-order valence-electron chi connectivity index (χ4n) is 6.02. The number of nitrogens with zero attached hydrogens (tertiary/aromatic N) is 1. The highest BCUT2D eigenvalue weighted by molar-refractivity contribution is 4.90. The molecule has 1 heterocycles. The van der Waals surface area contributed by atoms with Crippen LogP contribution in [0.4, 0.5) is 0 Å². The molecule has 2 heteroatoms. The number of aromatic amines is 1. The van der Waals surface area contributed by atoms with Crippen molar-refractivity contribution in [2.75, 3.05) is 0 Å². The lowest BCUT2D eigenvalue weighted by atomic mass is 9.93. The third kappa shape index (κ3) is 19.0. The van der Waals surface area contributed by atoms with Crippen LogP contribution in [0.25, 0.3) is 0 Å². The summed E-state index contributed by atoms with van der Waals surface area (Å²) in [7, 11) is 0. The van der Waals surface area contributed by atoms with Gasteiger partial charge in [-0.1, -0.05) is 168 Å². The van der Waals surface area contributed by atoms with Crippen molar-refractivity contribution in [3.63, 3.8) is 0 Å². The molecule has 1 aromatic heterocycles. The molecule has 0 aromatic carbocycles. The molecular weight excluding hydrogens is 448 g/mol. The van der Waals surface area contributed by atoms with Crippen molar-refractivity contribution in [3.8, 4) is 0 Å². The fraction of sp³-hybridized carbons (Fsp3) is 0.914. The van der Waals surface area contributed by atoms with Crippen molar-refractivity contribution < 1.29 is 4.57 Å². The van der Waals surface area contributed by atoms with Gasteiger partial charge in [0.1, 0.15) is 12.4 Å². The van der Waals surface area contributed by atoms with Crippen LogP contribution in [-0.2, 0) is 0 Å². The molecule has 2 nitrogen and oxygen atoms in total. The van der Waals surface area contributed by atoms with Gasteiger partial charge < -0.3 is 0 Å². The van der Waals surface area contributed by atoms with Gasteiger partial charge in [-0.2, -0.15) is 0 Å². The average molecular weight is 518 g/mol. The summed E-state index contributed by atoms with van der Waals surface area (Å²) in [6.45, 7) is 9.26. The van der Waals surface area contributed by atoms with E-state index in [-0.39, 0.29) is 0 Å². The van der Waals surface area contributed by atoms with E-state index < -0.39 is 0 Å². The quantitative estimate of drug-likeness (QED) is 0.0842. The SMILES string of the molecule is CCCCCCCCCCCCCCC[C@H](CCCCCCCCCCCCC)c1[nH]cc[n+]1C(C)C. The molecule has 1 N–H and O–H groups in total. The highest BCUT2D eigenvalue weighted by Gasteiger charge is 2.23. The Morgan fingerprint density at radius 1 is 0.514 bits per heavy atom. The van der Waals surface area contributed by atoms with E-state index in [1.165, 1.54) is 173 Å². The number of hydrogen-bond acceptors (Lipinski definition) is 0. The lowest BCUT2D eigenvalue weighted by Gasteiger charge is -2.15. The van der Waals surface area contributed by atoms with E-state index in [1.54, 1.807) is 0 Å². The molecule has 218 valence electrons. The number of rotatable bonds is 28. The molecule has 1 aromatic rings. The molecule has 0 amide bonds. The van der Waals surface area contributed by atoms with Crippen LogP contribution >= 0.6 is 0 Å². The van der Waals surface area contributed by atoms with Gasteiger partial charge in [0.15, 0.2) is 0 Å². The minimum atomic E-state index is 0.549. The first kappa shape index (κ1) is 34.2. The van der Waals surface area contributed by atoms with E-state index in [0.29, 0.717) is 12.0 Å². The van der Waals surface area contributed by atoms with Crippen molar-refractivity contribution in [2.24, 2.45) is 0 Å². The Labute approximate surface area is 234 Å². The monoisotopic (exact) mass is 518 g/mol. The first-order valence-corrected chi connectivity index (χ1v) is 17.3. The first-order valence-electron chi connectivity index (χ1n) is 17.3. The molecule has 0 spiro atoms. The van der Waals surface area contributed by atoms with Crippen LogP contribution in [0.5, 0.6) is 0 Å². The third-order valence-electron chi connectivity index (χ3n) is 8.50. The zero-order valence-electron chi connectivity index (χ0n) is 26.1. The molecule has 1 rings (SSSR count). The molecule has 0 aliphatic heterocycles. The van der Waals surface area contributed by atoms with E-state index in [4.69, 9.17) is 0 Å². The zero-order chi connectivity index (χ0) is 26.8. The van der Waals surface area contributed by atoms with Crippen molar-refractivity contribution in [3.05, 3.63) is 18.2 Å². The zero-order valence-corrected chi connectivity index (χ0v) is 26.1. The van der Waals surface area contributed by atoms with Crippen molar-refractivity contribution in [2.45, 2.75) is 207 Å². The molecule has 0 radical (unpaired) electrons. The number of unbranched alkanes of at least 4 members (excludes halogenated alkanes) is 22. The van der Waals surface area contributed by atoms with Crippen LogP contribution in [0.2, 0.25) is 0 Å². The van der Waals surface area contributed by atoms with Gasteiger partial charge in [-0.15, -0.1) is 0 Å². The van der Waals surface area contributed by atoms with E-state index in [1.807, 2.05) is 0 Å². The minimum absolute atomic E-state index is 0.549. The summed E-state index contributed by atoms with van der Waals surface area (Å²) in [6, 6.07) is 0.549. The van der Waals surface area contributed by atoms with Crippen LogP contribution in [0.1, 0.15) is 212 Å². The van der Waals surface area contributed by atoms with E-state index >= 15 is 0 Å². The summed E-state index contributed by atoms with van der Waals surface area (Å²) >= 11 is 0. The topological polar surface area (TPSA) is 19.7 Å². The second-order valence-corrected chi connectivity index (χ2v) is 12.4. The molecule has 0 aliphatic carbocycles. The van der Waals surface area contributed by atoms with Crippen LogP contribution in [-0.4, -0.2) is 4.98 Å².